The van der Waals surface area contributed by atoms with Crippen LogP contribution >= 0.6 is 11.3 Å². The molecule has 1 aromatic heterocycles. The maximum Gasteiger partial charge on any atom is 0.252 e. The van der Waals surface area contributed by atoms with Gasteiger partial charge in [-0.25, -0.2) is 12.7 Å². The van der Waals surface area contributed by atoms with Crippen LogP contribution in [0.15, 0.2) is 46.0 Å². The minimum atomic E-state index is -3.45. The monoisotopic (exact) mass is 396 g/mol. The summed E-state index contributed by atoms with van der Waals surface area (Å²) >= 11 is 1.19. The van der Waals surface area contributed by atoms with E-state index in [0.717, 1.165) is 11.3 Å². The first kappa shape index (κ1) is 20.4. The molecule has 0 bridgehead atoms. The first-order chi connectivity index (χ1) is 12.4. The predicted octanol–water partition coefficient (Wildman–Crippen LogP) is 2.65. The number of hydrogen-bond donors (Lipinski definition) is 1. The van der Waals surface area contributed by atoms with Crippen LogP contribution in [0, 0.1) is 6.92 Å². The van der Waals surface area contributed by atoms with E-state index in [9.17, 15) is 13.2 Å². The van der Waals surface area contributed by atoms with Crippen LogP contribution in [0.3, 0.4) is 0 Å². The second-order valence-electron chi connectivity index (χ2n) is 5.88. The van der Waals surface area contributed by atoms with E-state index in [1.54, 1.807) is 17.5 Å². The Kier molecular flexibility index (Phi) is 7.62. The van der Waals surface area contributed by atoms with Gasteiger partial charge in [0.1, 0.15) is 16.6 Å². The standard InChI is InChI=1S/C18H24N2O4S2/c1-15-6-3-7-16(14-15)24-12-10-19-17(21)8-4-11-20(2)26(22,23)18-9-5-13-25-18/h3,5-7,9,13-14H,4,8,10-12H2,1-2H3,(H,19,21). The molecule has 2 aromatic rings. The molecule has 1 aromatic carbocycles. The predicted molar refractivity (Wildman–Crippen MR) is 103 cm³/mol. The van der Waals surface area contributed by atoms with Gasteiger partial charge in [-0.1, -0.05) is 18.2 Å². The van der Waals surface area contributed by atoms with Gasteiger partial charge in [0, 0.05) is 20.0 Å². The van der Waals surface area contributed by atoms with Crippen LogP contribution in [0.25, 0.3) is 0 Å². The van der Waals surface area contributed by atoms with Crippen LogP contribution < -0.4 is 10.1 Å². The lowest BCUT2D eigenvalue weighted by Gasteiger charge is -2.15. The van der Waals surface area contributed by atoms with Crippen molar-refractivity contribution in [1.82, 2.24) is 9.62 Å². The summed E-state index contributed by atoms with van der Waals surface area (Å²) in [5.41, 5.74) is 1.12. The fraction of sp³-hybridized carbons (Fsp3) is 0.389. The number of sulfonamides is 1. The zero-order chi connectivity index (χ0) is 19.0. The molecular weight excluding hydrogens is 372 g/mol. The maximum absolute atomic E-state index is 12.3. The molecule has 1 N–H and O–H groups in total. The molecule has 1 heterocycles. The quantitative estimate of drug-likeness (QED) is 0.627. The number of rotatable bonds is 10. The van der Waals surface area contributed by atoms with Gasteiger partial charge in [0.25, 0.3) is 10.0 Å². The van der Waals surface area contributed by atoms with Gasteiger partial charge in [-0.3, -0.25) is 4.79 Å². The summed E-state index contributed by atoms with van der Waals surface area (Å²) in [7, 11) is -1.92. The van der Waals surface area contributed by atoms with Crippen molar-refractivity contribution in [1.29, 1.82) is 0 Å². The van der Waals surface area contributed by atoms with Gasteiger partial charge in [-0.15, -0.1) is 11.3 Å². The van der Waals surface area contributed by atoms with Crippen molar-refractivity contribution < 1.29 is 17.9 Å². The molecule has 0 aliphatic heterocycles. The molecule has 0 saturated heterocycles. The van der Waals surface area contributed by atoms with Crippen molar-refractivity contribution in [3.8, 4) is 5.75 Å². The smallest absolute Gasteiger partial charge is 0.252 e. The molecule has 26 heavy (non-hydrogen) atoms. The van der Waals surface area contributed by atoms with Crippen LogP contribution in [-0.2, 0) is 14.8 Å². The van der Waals surface area contributed by atoms with Gasteiger partial charge in [-0.2, -0.15) is 0 Å². The Morgan fingerprint density at radius 2 is 2.08 bits per heavy atom. The highest BCUT2D eigenvalue weighted by atomic mass is 32.2. The van der Waals surface area contributed by atoms with Crippen molar-refractivity contribution in [2.75, 3.05) is 26.7 Å². The minimum Gasteiger partial charge on any atom is -0.492 e. The van der Waals surface area contributed by atoms with Crippen LogP contribution in [0.4, 0.5) is 0 Å². The van der Waals surface area contributed by atoms with Crippen molar-refractivity contribution in [2.24, 2.45) is 0 Å². The highest BCUT2D eigenvalue weighted by Crippen LogP contribution is 2.19. The number of carbonyl (C=O) groups is 1. The van der Waals surface area contributed by atoms with Gasteiger partial charge >= 0.3 is 0 Å². The number of amides is 1. The normalized spacial score (nSPS) is 11.5. The largest absolute Gasteiger partial charge is 0.492 e. The van der Waals surface area contributed by atoms with Crippen LogP contribution in [0.5, 0.6) is 5.75 Å². The third-order valence-corrected chi connectivity index (χ3v) is 6.95. The summed E-state index contributed by atoms with van der Waals surface area (Å²) in [5.74, 6) is 0.666. The Hall–Kier alpha value is -1.90. The molecule has 0 aliphatic rings. The number of carbonyl (C=O) groups excluding carboxylic acids is 1. The van der Waals surface area contributed by atoms with E-state index in [1.807, 2.05) is 31.2 Å². The topological polar surface area (TPSA) is 75.7 Å². The lowest BCUT2D eigenvalue weighted by molar-refractivity contribution is -0.121. The third-order valence-electron chi connectivity index (χ3n) is 3.72. The zero-order valence-electron chi connectivity index (χ0n) is 15.0. The van der Waals surface area contributed by atoms with E-state index >= 15 is 0 Å². The van der Waals surface area contributed by atoms with Crippen LogP contribution in [0.2, 0.25) is 0 Å². The molecule has 0 fully saturated rings. The molecule has 142 valence electrons. The van der Waals surface area contributed by atoms with Gasteiger partial charge in [-0.05, 0) is 42.5 Å². The highest BCUT2D eigenvalue weighted by molar-refractivity contribution is 7.91. The molecule has 0 radical (unpaired) electrons. The first-order valence-corrected chi connectivity index (χ1v) is 10.7. The number of nitrogens with zero attached hydrogens (tertiary/aromatic N) is 1. The second kappa shape index (κ2) is 9.70. The third kappa shape index (κ3) is 6.12. The summed E-state index contributed by atoms with van der Waals surface area (Å²) in [4.78, 5) is 11.8. The number of hydrogen-bond acceptors (Lipinski definition) is 5. The van der Waals surface area contributed by atoms with Gasteiger partial charge in [0.2, 0.25) is 5.91 Å². The minimum absolute atomic E-state index is 0.111. The fourth-order valence-electron chi connectivity index (χ4n) is 2.30. The van der Waals surface area contributed by atoms with E-state index in [-0.39, 0.29) is 12.3 Å². The van der Waals surface area contributed by atoms with E-state index in [2.05, 4.69) is 5.32 Å². The number of ether oxygens (including phenoxy) is 1. The Morgan fingerprint density at radius 3 is 2.77 bits per heavy atom. The van der Waals surface area contributed by atoms with Crippen molar-refractivity contribution in [2.45, 2.75) is 24.0 Å². The number of nitrogens with one attached hydrogen (secondary N) is 1. The fourth-order valence-corrected chi connectivity index (χ4v) is 4.71. The Bertz CT molecular complexity index is 804. The molecule has 8 heteroatoms. The summed E-state index contributed by atoms with van der Waals surface area (Å²) in [5, 5.41) is 4.51. The van der Waals surface area contributed by atoms with Gasteiger partial charge in [0.15, 0.2) is 0 Å². The van der Waals surface area contributed by atoms with Crippen molar-refractivity contribution in [3.05, 3.63) is 47.3 Å². The molecule has 0 saturated carbocycles. The summed E-state index contributed by atoms with van der Waals surface area (Å²) < 4.78 is 31.7. The Labute approximate surface area is 158 Å². The molecule has 0 aliphatic carbocycles. The molecule has 6 nitrogen and oxygen atoms in total. The molecule has 0 spiro atoms. The molecule has 0 atom stereocenters. The van der Waals surface area contributed by atoms with Gasteiger partial charge < -0.3 is 10.1 Å². The maximum atomic E-state index is 12.3. The summed E-state index contributed by atoms with van der Waals surface area (Å²) in [6, 6.07) is 11.0. The van der Waals surface area contributed by atoms with E-state index in [1.165, 1.54) is 22.7 Å². The number of thiophene rings is 1. The van der Waals surface area contributed by atoms with Crippen molar-refractivity contribution >= 4 is 27.3 Å². The van der Waals surface area contributed by atoms with Crippen molar-refractivity contribution in [3.63, 3.8) is 0 Å². The Morgan fingerprint density at radius 1 is 1.27 bits per heavy atom. The second-order valence-corrected chi connectivity index (χ2v) is 9.10. The zero-order valence-corrected chi connectivity index (χ0v) is 16.6. The SMILES string of the molecule is Cc1cccc(OCCNC(=O)CCCN(C)S(=O)(=O)c2cccs2)c1. The highest BCUT2D eigenvalue weighted by Gasteiger charge is 2.21. The lowest BCUT2D eigenvalue weighted by atomic mass is 10.2. The number of benzene rings is 1. The van der Waals surface area contributed by atoms with E-state index < -0.39 is 10.0 Å². The van der Waals surface area contributed by atoms with Crippen LogP contribution in [-0.4, -0.2) is 45.4 Å². The lowest BCUT2D eigenvalue weighted by Crippen LogP contribution is -2.30. The van der Waals surface area contributed by atoms with E-state index in [4.69, 9.17) is 4.74 Å². The summed E-state index contributed by atoms with van der Waals surface area (Å²) in [6.07, 6.45) is 0.737. The van der Waals surface area contributed by atoms with Gasteiger partial charge in [0.05, 0.1) is 6.54 Å². The Balaban J connectivity index is 1.63. The first-order valence-electron chi connectivity index (χ1n) is 8.35. The molecular formula is C18H24N2O4S2. The average Bonchev–Trinajstić information content (AvgIpc) is 3.14. The molecule has 1 amide bonds. The van der Waals surface area contributed by atoms with Crippen LogP contribution in [0.1, 0.15) is 18.4 Å². The number of aryl methyl sites for hydroxylation is 1. The summed E-state index contributed by atoms with van der Waals surface area (Å²) in [6.45, 7) is 3.09. The van der Waals surface area contributed by atoms with E-state index in [0.29, 0.717) is 30.3 Å². The molecule has 2 rings (SSSR count). The average molecular weight is 397 g/mol. The molecule has 0 unspecified atom stereocenters.